The Labute approximate surface area is 165 Å². The largest absolute Gasteiger partial charge is 0.273 e. The molecule has 2 amide bonds. The van der Waals surface area contributed by atoms with Gasteiger partial charge in [-0.2, -0.15) is 0 Å². The van der Waals surface area contributed by atoms with E-state index >= 15 is 0 Å². The molecule has 0 aromatic heterocycles. The Kier molecular flexibility index (Phi) is 7.31. The fraction of sp³-hybridized carbons (Fsp3) is 0.300. The second kappa shape index (κ2) is 9.48. The highest BCUT2D eigenvalue weighted by atomic mass is 32.2. The monoisotopic (exact) mass is 403 g/mol. The first-order chi connectivity index (χ1) is 13.2. The third-order valence-electron chi connectivity index (χ3n) is 4.37. The van der Waals surface area contributed by atoms with Crippen LogP contribution in [0.1, 0.15) is 39.9 Å². The summed E-state index contributed by atoms with van der Waals surface area (Å²) in [7, 11) is -3.62. The zero-order valence-electron chi connectivity index (χ0n) is 16.2. The van der Waals surface area contributed by atoms with Gasteiger partial charge >= 0.3 is 0 Å². The van der Waals surface area contributed by atoms with Crippen LogP contribution in [0.15, 0.2) is 47.4 Å². The highest BCUT2D eigenvalue weighted by molar-refractivity contribution is 7.89. The molecule has 0 radical (unpaired) electrons. The molecule has 28 heavy (non-hydrogen) atoms. The number of hydrogen-bond acceptors (Lipinski definition) is 4. The van der Waals surface area contributed by atoms with Crippen molar-refractivity contribution in [3.8, 4) is 0 Å². The summed E-state index contributed by atoms with van der Waals surface area (Å²) in [6.45, 7) is 5.69. The molecule has 0 aliphatic carbocycles. The van der Waals surface area contributed by atoms with E-state index in [2.05, 4.69) is 15.6 Å². The first-order valence-corrected chi connectivity index (χ1v) is 10.4. The predicted molar refractivity (Wildman–Crippen MR) is 107 cm³/mol. The summed E-state index contributed by atoms with van der Waals surface area (Å²) >= 11 is 0. The summed E-state index contributed by atoms with van der Waals surface area (Å²) in [5.41, 5.74) is 7.88. The zero-order chi connectivity index (χ0) is 20.7. The molecule has 2 rings (SSSR count). The Morgan fingerprint density at radius 1 is 0.893 bits per heavy atom. The Bertz CT molecular complexity index is 971. The summed E-state index contributed by atoms with van der Waals surface area (Å²) in [4.78, 5) is 24.1. The van der Waals surface area contributed by atoms with E-state index in [4.69, 9.17) is 0 Å². The van der Waals surface area contributed by atoms with Crippen molar-refractivity contribution in [1.82, 2.24) is 15.6 Å². The van der Waals surface area contributed by atoms with Gasteiger partial charge in [0.25, 0.3) is 5.91 Å². The summed E-state index contributed by atoms with van der Waals surface area (Å²) in [5.74, 6) is -0.797. The lowest BCUT2D eigenvalue weighted by atomic mass is 10.1. The van der Waals surface area contributed by atoms with Gasteiger partial charge in [-0.05, 0) is 62.1 Å². The van der Waals surface area contributed by atoms with E-state index in [0.717, 1.165) is 16.7 Å². The van der Waals surface area contributed by atoms with Crippen LogP contribution in [0.25, 0.3) is 0 Å². The molecule has 0 bridgehead atoms. The molecule has 0 fully saturated rings. The topological polar surface area (TPSA) is 104 Å². The first kappa shape index (κ1) is 21.6. The van der Waals surface area contributed by atoms with Gasteiger partial charge in [0.2, 0.25) is 15.9 Å². The van der Waals surface area contributed by atoms with E-state index in [9.17, 15) is 18.0 Å². The second-order valence-electron chi connectivity index (χ2n) is 6.56. The van der Waals surface area contributed by atoms with Gasteiger partial charge in [-0.25, -0.2) is 13.1 Å². The van der Waals surface area contributed by atoms with E-state index in [0.29, 0.717) is 12.0 Å². The lowest BCUT2D eigenvalue weighted by Crippen LogP contribution is -2.42. The maximum Gasteiger partial charge on any atom is 0.269 e. The molecule has 0 heterocycles. The Morgan fingerprint density at radius 2 is 1.61 bits per heavy atom. The fourth-order valence-corrected chi connectivity index (χ4v) is 3.66. The summed E-state index contributed by atoms with van der Waals surface area (Å²) in [5, 5.41) is 0. The normalized spacial score (nSPS) is 11.1. The van der Waals surface area contributed by atoms with Gasteiger partial charge in [0.1, 0.15) is 0 Å². The molecule has 8 heteroatoms. The molecule has 7 nitrogen and oxygen atoms in total. The molecule has 0 aliphatic rings. The van der Waals surface area contributed by atoms with Crippen LogP contribution in [0.5, 0.6) is 0 Å². The second-order valence-corrected chi connectivity index (χ2v) is 8.33. The van der Waals surface area contributed by atoms with Gasteiger partial charge in [0.05, 0.1) is 4.90 Å². The van der Waals surface area contributed by atoms with E-state index in [-0.39, 0.29) is 17.9 Å². The number of sulfonamides is 1. The maximum absolute atomic E-state index is 12.3. The summed E-state index contributed by atoms with van der Waals surface area (Å²) in [6, 6.07) is 12.0. The Hall–Kier alpha value is -2.71. The smallest absolute Gasteiger partial charge is 0.269 e. The molecule has 0 unspecified atom stereocenters. The van der Waals surface area contributed by atoms with Crippen molar-refractivity contribution in [2.24, 2.45) is 0 Å². The summed E-state index contributed by atoms with van der Waals surface area (Å²) < 4.78 is 27.0. The lowest BCUT2D eigenvalue weighted by molar-refractivity contribution is -0.121. The fourth-order valence-electron chi connectivity index (χ4n) is 2.50. The van der Waals surface area contributed by atoms with Crippen LogP contribution >= 0.6 is 0 Å². The molecule has 0 saturated heterocycles. The average molecular weight is 404 g/mol. The molecule has 2 aromatic rings. The van der Waals surface area contributed by atoms with Crippen molar-refractivity contribution in [2.45, 2.75) is 38.5 Å². The molecule has 2 aromatic carbocycles. The Balaban J connectivity index is 1.75. The number of hydrazine groups is 1. The Morgan fingerprint density at radius 3 is 2.29 bits per heavy atom. The minimum Gasteiger partial charge on any atom is -0.273 e. The third-order valence-corrected chi connectivity index (χ3v) is 5.83. The van der Waals surface area contributed by atoms with Crippen molar-refractivity contribution in [3.63, 3.8) is 0 Å². The SMILES string of the molecule is Cc1ccc(S(=O)(=O)NCCCC(=O)NNC(=O)c2ccccc2C)cc1C. The molecule has 0 saturated carbocycles. The quantitative estimate of drug-likeness (QED) is 0.487. The minimum absolute atomic E-state index is 0.0729. The van der Waals surface area contributed by atoms with Crippen molar-refractivity contribution in [2.75, 3.05) is 6.54 Å². The summed E-state index contributed by atoms with van der Waals surface area (Å²) in [6.07, 6.45) is 0.375. The molecule has 3 N–H and O–H groups in total. The number of amides is 2. The van der Waals surface area contributed by atoms with Crippen LogP contribution < -0.4 is 15.6 Å². The third kappa shape index (κ3) is 5.90. The van der Waals surface area contributed by atoms with Gasteiger partial charge in [0.15, 0.2) is 0 Å². The molecule has 0 aliphatic heterocycles. The number of benzene rings is 2. The minimum atomic E-state index is -3.62. The molecular formula is C20H25N3O4S. The molecule has 0 atom stereocenters. The highest BCUT2D eigenvalue weighted by Crippen LogP contribution is 2.14. The number of hydrogen-bond donors (Lipinski definition) is 3. The van der Waals surface area contributed by atoms with Crippen molar-refractivity contribution in [1.29, 1.82) is 0 Å². The zero-order valence-corrected chi connectivity index (χ0v) is 17.0. The van der Waals surface area contributed by atoms with E-state index < -0.39 is 21.8 Å². The maximum atomic E-state index is 12.3. The van der Waals surface area contributed by atoms with Gasteiger partial charge < -0.3 is 0 Å². The van der Waals surface area contributed by atoms with E-state index in [1.807, 2.05) is 19.9 Å². The van der Waals surface area contributed by atoms with Crippen LogP contribution in [0.2, 0.25) is 0 Å². The number of rotatable bonds is 7. The molecular weight excluding hydrogens is 378 g/mol. The van der Waals surface area contributed by atoms with Gasteiger partial charge in [-0.15, -0.1) is 0 Å². The molecule has 150 valence electrons. The molecule has 0 spiro atoms. The first-order valence-electron chi connectivity index (χ1n) is 8.92. The van der Waals surface area contributed by atoms with E-state index in [1.165, 1.54) is 0 Å². The van der Waals surface area contributed by atoms with Crippen LogP contribution in [0.3, 0.4) is 0 Å². The lowest BCUT2D eigenvalue weighted by Gasteiger charge is -2.10. The van der Waals surface area contributed by atoms with E-state index in [1.54, 1.807) is 43.3 Å². The predicted octanol–water partition coefficient (Wildman–Crippen LogP) is 2.13. The van der Waals surface area contributed by atoms with Crippen LogP contribution in [0, 0.1) is 20.8 Å². The standard InChI is InChI=1S/C20H25N3O4S/c1-14-10-11-17(13-16(14)3)28(26,27)21-12-6-9-19(24)22-23-20(25)18-8-5-4-7-15(18)2/h4-5,7-8,10-11,13,21H,6,9,12H2,1-3H3,(H,22,24)(H,23,25). The number of carbonyl (C=O) groups is 2. The number of aryl methyl sites for hydroxylation is 3. The van der Waals surface area contributed by atoms with Crippen LogP contribution in [-0.2, 0) is 14.8 Å². The van der Waals surface area contributed by atoms with Gasteiger partial charge in [0, 0.05) is 18.5 Å². The van der Waals surface area contributed by atoms with Crippen LogP contribution in [-0.4, -0.2) is 26.8 Å². The van der Waals surface area contributed by atoms with Gasteiger partial charge in [-0.3, -0.25) is 20.4 Å². The van der Waals surface area contributed by atoms with Crippen molar-refractivity contribution < 1.29 is 18.0 Å². The number of carbonyl (C=O) groups excluding carboxylic acids is 2. The average Bonchev–Trinajstić information content (AvgIpc) is 2.65. The van der Waals surface area contributed by atoms with Crippen molar-refractivity contribution in [3.05, 3.63) is 64.7 Å². The van der Waals surface area contributed by atoms with Crippen molar-refractivity contribution >= 4 is 21.8 Å². The number of nitrogens with one attached hydrogen (secondary N) is 3. The highest BCUT2D eigenvalue weighted by Gasteiger charge is 2.14. The van der Waals surface area contributed by atoms with Crippen LogP contribution in [0.4, 0.5) is 0 Å². The van der Waals surface area contributed by atoms with Gasteiger partial charge in [-0.1, -0.05) is 24.3 Å².